The number of aliphatic imine (C=N–C) groups is 2. The summed E-state index contributed by atoms with van der Waals surface area (Å²) in [5.74, 6) is -0.321. The van der Waals surface area contributed by atoms with Crippen LogP contribution in [0.25, 0.3) is 0 Å². The molecule has 0 saturated carbocycles. The average Bonchev–Trinajstić information content (AvgIpc) is 2.94. The molecule has 102 valence electrons. The van der Waals surface area contributed by atoms with E-state index in [9.17, 15) is 15.0 Å². The summed E-state index contributed by atoms with van der Waals surface area (Å²) in [7, 11) is 0. The van der Waals surface area contributed by atoms with Crippen molar-refractivity contribution in [3.05, 3.63) is 11.8 Å². The number of nitrogens with zero attached hydrogens (tertiary/aromatic N) is 2. The van der Waals surface area contributed by atoms with Crippen molar-refractivity contribution in [3.63, 3.8) is 0 Å². The van der Waals surface area contributed by atoms with Gasteiger partial charge >= 0.3 is 0 Å². The molecule has 3 aliphatic heterocycles. The third-order valence-corrected chi connectivity index (χ3v) is 3.63. The van der Waals surface area contributed by atoms with E-state index < -0.39 is 30.3 Å². The number of aliphatic hydroxyl groups excluding tert-OH is 3. The van der Waals surface area contributed by atoms with E-state index in [1.165, 1.54) is 12.5 Å². The fourth-order valence-electron chi connectivity index (χ4n) is 2.59. The molecule has 3 aliphatic rings. The number of rotatable bonds is 2. The van der Waals surface area contributed by atoms with Crippen molar-refractivity contribution in [3.8, 4) is 0 Å². The van der Waals surface area contributed by atoms with Crippen molar-refractivity contribution in [2.45, 2.75) is 30.3 Å². The molecule has 8 heteroatoms. The van der Waals surface area contributed by atoms with Gasteiger partial charge in [-0.3, -0.25) is 14.8 Å². The first-order valence-electron chi connectivity index (χ1n) is 5.96. The largest absolute Gasteiger partial charge is 0.395 e. The summed E-state index contributed by atoms with van der Waals surface area (Å²) in [6.45, 7) is -0.288. The average molecular weight is 266 g/mol. The van der Waals surface area contributed by atoms with Crippen LogP contribution in [0, 0.1) is 0 Å². The van der Waals surface area contributed by atoms with Crippen molar-refractivity contribution < 1.29 is 20.1 Å². The molecule has 0 radical (unpaired) electrons. The lowest BCUT2D eigenvalue weighted by molar-refractivity contribution is -0.113. The summed E-state index contributed by atoms with van der Waals surface area (Å²) in [5.41, 5.74) is 0.886. The Labute approximate surface area is 108 Å². The molecule has 0 bridgehead atoms. The predicted molar refractivity (Wildman–Crippen MR) is 65.8 cm³/mol. The van der Waals surface area contributed by atoms with E-state index in [1.807, 2.05) is 0 Å². The van der Waals surface area contributed by atoms with Crippen LogP contribution >= 0.6 is 0 Å². The van der Waals surface area contributed by atoms with E-state index in [2.05, 4.69) is 20.6 Å². The van der Waals surface area contributed by atoms with Gasteiger partial charge in [0, 0.05) is 6.20 Å². The van der Waals surface area contributed by atoms with Crippen LogP contribution in [0.3, 0.4) is 0 Å². The molecule has 0 aromatic rings. The molecule has 0 aliphatic carbocycles. The molecular weight excluding hydrogens is 252 g/mol. The number of nitrogens with one attached hydrogen (secondary N) is 2. The van der Waals surface area contributed by atoms with Crippen LogP contribution in [-0.2, 0) is 4.79 Å². The Morgan fingerprint density at radius 3 is 2.79 bits per heavy atom. The first-order chi connectivity index (χ1) is 9.13. The van der Waals surface area contributed by atoms with Crippen molar-refractivity contribution in [2.24, 2.45) is 9.98 Å². The summed E-state index contributed by atoms with van der Waals surface area (Å²) in [6, 6.07) is -1.72. The number of carbonyl (C=O) groups excluding carboxylic acids is 1. The molecule has 1 unspecified atom stereocenters. The molecule has 0 aromatic carbocycles. The normalized spacial score (nSPS) is 40.8. The van der Waals surface area contributed by atoms with Gasteiger partial charge in [0.25, 0.3) is 5.91 Å². The minimum Gasteiger partial charge on any atom is -0.395 e. The molecule has 19 heavy (non-hydrogen) atoms. The number of hydrogen-bond acceptors (Lipinski definition) is 7. The number of aliphatic hydroxyl groups is 3. The van der Waals surface area contributed by atoms with Gasteiger partial charge < -0.3 is 26.0 Å². The second-order valence-corrected chi connectivity index (χ2v) is 4.71. The van der Waals surface area contributed by atoms with Gasteiger partial charge in [0.1, 0.15) is 17.9 Å². The van der Waals surface area contributed by atoms with Gasteiger partial charge in [0.15, 0.2) is 0 Å². The third kappa shape index (κ3) is 1.80. The van der Waals surface area contributed by atoms with E-state index in [4.69, 9.17) is 5.11 Å². The zero-order chi connectivity index (χ0) is 13.6. The summed E-state index contributed by atoms with van der Waals surface area (Å²) in [6.07, 6.45) is 0.640. The maximum absolute atomic E-state index is 11.6. The first kappa shape index (κ1) is 12.4. The van der Waals surface area contributed by atoms with Gasteiger partial charge in [-0.25, -0.2) is 0 Å². The van der Waals surface area contributed by atoms with Gasteiger partial charge in [-0.15, -0.1) is 0 Å². The molecule has 3 rings (SSSR count). The van der Waals surface area contributed by atoms with Crippen LogP contribution in [0.2, 0.25) is 0 Å². The maximum Gasteiger partial charge on any atom is 0.273 e. The Morgan fingerprint density at radius 2 is 2.11 bits per heavy atom. The summed E-state index contributed by atoms with van der Waals surface area (Å²) < 4.78 is 0. The van der Waals surface area contributed by atoms with Crippen molar-refractivity contribution in [1.82, 2.24) is 10.6 Å². The zero-order valence-electron chi connectivity index (χ0n) is 9.89. The van der Waals surface area contributed by atoms with E-state index >= 15 is 0 Å². The van der Waals surface area contributed by atoms with E-state index in [0.29, 0.717) is 5.57 Å². The smallest absolute Gasteiger partial charge is 0.273 e. The second kappa shape index (κ2) is 4.49. The third-order valence-electron chi connectivity index (χ3n) is 3.63. The lowest BCUT2D eigenvalue weighted by Gasteiger charge is -2.23. The van der Waals surface area contributed by atoms with Crippen LogP contribution in [0.15, 0.2) is 21.8 Å². The molecular formula is C11H14N4O4. The monoisotopic (exact) mass is 266 g/mol. The molecule has 1 saturated heterocycles. The van der Waals surface area contributed by atoms with Gasteiger partial charge in [-0.2, -0.15) is 0 Å². The lowest BCUT2D eigenvalue weighted by atomic mass is 9.94. The van der Waals surface area contributed by atoms with Crippen molar-refractivity contribution in [2.75, 3.05) is 6.61 Å². The SMILES string of the molecule is O=C1NC=NC2C([C@@H]3N[C@H](CO)[C@@H](O)[C@H]3O)=CN=C12. The minimum absolute atomic E-state index is 0.272. The quantitative estimate of drug-likeness (QED) is 0.362. The highest BCUT2D eigenvalue weighted by Gasteiger charge is 2.46. The molecule has 1 fully saturated rings. The standard InChI is InChI=1S/C11H14N4O4/c16-2-5-9(17)10(18)7(15-5)4-1-12-8-6(4)13-3-14-11(8)19/h1,3,5-7,9-10,15-18H,2H2,(H,13,14,19)/t5-,6?,7+,9-,10+/m1/s1. The Bertz CT molecular complexity index is 501. The summed E-state index contributed by atoms with van der Waals surface area (Å²) in [5, 5.41) is 34.3. The molecule has 1 amide bonds. The fraction of sp³-hybridized carbons (Fsp3) is 0.545. The number of amides is 1. The first-order valence-corrected chi connectivity index (χ1v) is 5.96. The maximum atomic E-state index is 11.6. The van der Waals surface area contributed by atoms with E-state index in [1.54, 1.807) is 0 Å². The van der Waals surface area contributed by atoms with Crippen molar-refractivity contribution in [1.29, 1.82) is 0 Å². The Kier molecular flexibility index (Phi) is 2.94. The van der Waals surface area contributed by atoms with Crippen LogP contribution in [0.5, 0.6) is 0 Å². The topological polar surface area (TPSA) is 127 Å². The van der Waals surface area contributed by atoms with Gasteiger partial charge in [0.2, 0.25) is 0 Å². The van der Waals surface area contributed by atoms with Gasteiger partial charge in [-0.1, -0.05) is 0 Å². The van der Waals surface area contributed by atoms with Crippen LogP contribution in [0.4, 0.5) is 0 Å². The number of hydrogen-bond donors (Lipinski definition) is 5. The minimum atomic E-state index is -1.07. The lowest BCUT2D eigenvalue weighted by Crippen LogP contribution is -2.46. The van der Waals surface area contributed by atoms with E-state index in [0.717, 1.165) is 0 Å². The highest BCUT2D eigenvalue weighted by molar-refractivity contribution is 6.45. The molecule has 5 atom stereocenters. The molecule has 0 aromatic heterocycles. The predicted octanol–water partition coefficient (Wildman–Crippen LogP) is -3.09. The highest BCUT2D eigenvalue weighted by Crippen LogP contribution is 2.28. The van der Waals surface area contributed by atoms with E-state index in [-0.39, 0.29) is 18.2 Å². The summed E-state index contributed by atoms with van der Waals surface area (Å²) >= 11 is 0. The molecule has 5 N–H and O–H groups in total. The zero-order valence-corrected chi connectivity index (χ0v) is 9.89. The van der Waals surface area contributed by atoms with Crippen LogP contribution in [0.1, 0.15) is 0 Å². The van der Waals surface area contributed by atoms with Crippen LogP contribution in [-0.4, -0.2) is 70.2 Å². The Balaban J connectivity index is 1.84. The molecule has 3 heterocycles. The highest BCUT2D eigenvalue weighted by atomic mass is 16.3. The van der Waals surface area contributed by atoms with Gasteiger partial charge in [0.05, 0.1) is 31.1 Å². The van der Waals surface area contributed by atoms with Crippen molar-refractivity contribution >= 4 is 18.0 Å². The van der Waals surface area contributed by atoms with Gasteiger partial charge in [-0.05, 0) is 5.57 Å². The van der Waals surface area contributed by atoms with Crippen LogP contribution < -0.4 is 10.6 Å². The fourth-order valence-corrected chi connectivity index (χ4v) is 2.59. The molecule has 0 spiro atoms. The number of carbonyl (C=O) groups is 1. The summed E-state index contributed by atoms with van der Waals surface area (Å²) in [4.78, 5) is 19.7. The Hall–Kier alpha value is -1.61. The second-order valence-electron chi connectivity index (χ2n) is 4.71. The Morgan fingerprint density at radius 1 is 1.32 bits per heavy atom. The molecule has 8 nitrogen and oxygen atoms in total. The number of fused-ring (bicyclic) bond motifs is 1.